The van der Waals surface area contributed by atoms with Crippen molar-refractivity contribution in [1.29, 1.82) is 0 Å². The zero-order valence-corrected chi connectivity index (χ0v) is 23.0. The van der Waals surface area contributed by atoms with E-state index < -0.39 is 24.6 Å². The fourth-order valence-corrected chi connectivity index (χ4v) is 5.16. The molecule has 4 rings (SSSR count). The number of aromatic nitrogens is 1. The van der Waals surface area contributed by atoms with Gasteiger partial charge in [-0.15, -0.1) is 0 Å². The van der Waals surface area contributed by atoms with Crippen molar-refractivity contribution in [2.24, 2.45) is 0 Å². The van der Waals surface area contributed by atoms with E-state index in [1.54, 1.807) is 12.1 Å². The van der Waals surface area contributed by atoms with Gasteiger partial charge in [-0.3, -0.25) is 9.59 Å². The number of benzene rings is 3. The zero-order chi connectivity index (χ0) is 29.4. The van der Waals surface area contributed by atoms with Gasteiger partial charge >= 0.3 is 5.97 Å². The van der Waals surface area contributed by atoms with Gasteiger partial charge < -0.3 is 25.2 Å². The second-order valence-corrected chi connectivity index (χ2v) is 10.1. The third-order valence-electron chi connectivity index (χ3n) is 6.94. The number of carbonyl (C=O) groups is 2. The summed E-state index contributed by atoms with van der Waals surface area (Å²) >= 11 is 0. The molecule has 2 atom stereocenters. The maximum Gasteiger partial charge on any atom is 0.305 e. The van der Waals surface area contributed by atoms with Crippen LogP contribution in [0.4, 0.5) is 10.1 Å². The number of carboxylic acid groups (broad SMARTS) is 1. The van der Waals surface area contributed by atoms with Crippen molar-refractivity contribution in [2.45, 2.75) is 57.8 Å². The molecule has 4 aromatic rings. The fourth-order valence-electron chi connectivity index (χ4n) is 5.16. The number of halogens is 1. The second kappa shape index (κ2) is 13.9. The summed E-state index contributed by atoms with van der Waals surface area (Å²) in [5.41, 5.74) is 4.88. The molecule has 214 valence electrons. The maximum absolute atomic E-state index is 14.0. The number of carbonyl (C=O) groups excluding carboxylic acids is 1. The Morgan fingerprint density at radius 1 is 0.878 bits per heavy atom. The van der Waals surface area contributed by atoms with Gasteiger partial charge in [0.2, 0.25) is 0 Å². The first-order chi connectivity index (χ1) is 19.8. The third-order valence-corrected chi connectivity index (χ3v) is 6.94. The molecular weight excluding hydrogens is 523 g/mol. The highest BCUT2D eigenvalue weighted by atomic mass is 19.1. The van der Waals surface area contributed by atoms with Crippen LogP contribution < -0.4 is 5.32 Å². The summed E-state index contributed by atoms with van der Waals surface area (Å²) in [6.45, 7) is 2.31. The van der Waals surface area contributed by atoms with Crippen molar-refractivity contribution in [3.05, 3.63) is 102 Å². The van der Waals surface area contributed by atoms with Crippen LogP contribution in [0.15, 0.2) is 84.9 Å². The van der Waals surface area contributed by atoms with Gasteiger partial charge in [0.05, 0.1) is 29.9 Å². The molecule has 1 heterocycles. The molecular formula is C33H35FN2O5. The van der Waals surface area contributed by atoms with Crippen molar-refractivity contribution in [1.82, 2.24) is 4.57 Å². The standard InChI is InChI=1S/C33H35FN2O5/c1-2-9-28-31(33(41)35-25-12-7-4-8-13-25)30(22-10-5-3-6-11-22)32(23-14-16-24(34)17-15-23)36(28)19-18-26(37)20-27(38)21-29(39)40/h3-8,10-17,26-27,37-38H,2,9,18-21H2,1H3,(H,35,41)(H,39,40)/t26-,27-/m1/s1. The van der Waals surface area contributed by atoms with Crippen molar-refractivity contribution < 1.29 is 29.3 Å². The number of nitrogens with one attached hydrogen (secondary N) is 1. The van der Waals surface area contributed by atoms with Crippen LogP contribution in [0, 0.1) is 5.82 Å². The van der Waals surface area contributed by atoms with Gasteiger partial charge in [-0.25, -0.2) is 4.39 Å². The predicted octanol–water partition coefficient (Wildman–Crippen LogP) is 6.14. The van der Waals surface area contributed by atoms with Gasteiger partial charge in [0.15, 0.2) is 0 Å². The minimum Gasteiger partial charge on any atom is -0.481 e. The van der Waals surface area contributed by atoms with E-state index in [0.29, 0.717) is 35.3 Å². The summed E-state index contributed by atoms with van der Waals surface area (Å²) in [5.74, 6) is -1.80. The number of amides is 1. The molecule has 0 saturated heterocycles. The molecule has 0 aliphatic rings. The molecule has 0 unspecified atom stereocenters. The van der Waals surface area contributed by atoms with E-state index in [-0.39, 0.29) is 24.6 Å². The van der Waals surface area contributed by atoms with Gasteiger partial charge in [0, 0.05) is 23.5 Å². The van der Waals surface area contributed by atoms with Gasteiger partial charge in [-0.2, -0.15) is 0 Å². The number of aliphatic carboxylic acids is 1. The van der Waals surface area contributed by atoms with E-state index in [0.717, 1.165) is 23.4 Å². The Kier molecular flexibility index (Phi) is 10.1. The summed E-state index contributed by atoms with van der Waals surface area (Å²) in [4.78, 5) is 25.0. The maximum atomic E-state index is 14.0. The lowest BCUT2D eigenvalue weighted by molar-refractivity contribution is -0.139. The van der Waals surface area contributed by atoms with Crippen molar-refractivity contribution in [2.75, 3.05) is 5.32 Å². The molecule has 0 radical (unpaired) electrons. The molecule has 4 N–H and O–H groups in total. The van der Waals surface area contributed by atoms with Crippen LogP contribution in [-0.2, 0) is 17.8 Å². The molecule has 1 aromatic heterocycles. The van der Waals surface area contributed by atoms with E-state index >= 15 is 0 Å². The van der Waals surface area contributed by atoms with Crippen LogP contribution in [0.2, 0.25) is 0 Å². The molecule has 0 aliphatic carbocycles. The SMILES string of the molecule is CCCc1c(C(=O)Nc2ccccc2)c(-c2ccccc2)c(-c2ccc(F)cc2)n1CC[C@@H](O)C[C@@H](O)CC(=O)O. The summed E-state index contributed by atoms with van der Waals surface area (Å²) in [6, 6.07) is 24.8. The number of aliphatic hydroxyl groups excluding tert-OH is 2. The minimum absolute atomic E-state index is 0.0878. The number of carboxylic acids is 1. The molecule has 0 saturated carbocycles. The van der Waals surface area contributed by atoms with Gasteiger partial charge in [-0.05, 0) is 66.8 Å². The number of para-hydroxylation sites is 1. The quantitative estimate of drug-likeness (QED) is 0.157. The first-order valence-electron chi connectivity index (χ1n) is 13.8. The van der Waals surface area contributed by atoms with Crippen LogP contribution in [0.3, 0.4) is 0 Å². The number of rotatable bonds is 13. The molecule has 41 heavy (non-hydrogen) atoms. The monoisotopic (exact) mass is 558 g/mol. The molecule has 0 spiro atoms. The van der Waals surface area contributed by atoms with Crippen LogP contribution in [0.5, 0.6) is 0 Å². The highest BCUT2D eigenvalue weighted by Gasteiger charge is 2.29. The average molecular weight is 559 g/mol. The average Bonchev–Trinajstić information content (AvgIpc) is 3.27. The van der Waals surface area contributed by atoms with E-state index in [1.165, 1.54) is 12.1 Å². The van der Waals surface area contributed by atoms with Crippen LogP contribution >= 0.6 is 0 Å². The molecule has 0 bridgehead atoms. The lowest BCUT2D eigenvalue weighted by Crippen LogP contribution is -2.22. The number of hydrogen-bond donors (Lipinski definition) is 4. The van der Waals surface area contributed by atoms with Crippen molar-refractivity contribution in [3.8, 4) is 22.4 Å². The van der Waals surface area contributed by atoms with Crippen LogP contribution in [-0.4, -0.2) is 44.0 Å². The van der Waals surface area contributed by atoms with Crippen molar-refractivity contribution in [3.63, 3.8) is 0 Å². The largest absolute Gasteiger partial charge is 0.481 e. The van der Waals surface area contributed by atoms with E-state index in [4.69, 9.17) is 5.11 Å². The summed E-state index contributed by atoms with van der Waals surface area (Å²) < 4.78 is 16.0. The van der Waals surface area contributed by atoms with Gasteiger partial charge in [0.25, 0.3) is 5.91 Å². The number of anilines is 1. The lowest BCUT2D eigenvalue weighted by Gasteiger charge is -2.18. The van der Waals surface area contributed by atoms with E-state index in [2.05, 4.69) is 5.32 Å². The van der Waals surface area contributed by atoms with E-state index in [9.17, 15) is 24.2 Å². The first kappa shape index (κ1) is 29.7. The summed E-state index contributed by atoms with van der Waals surface area (Å²) in [7, 11) is 0. The summed E-state index contributed by atoms with van der Waals surface area (Å²) in [6.07, 6.45) is -1.16. The Bertz CT molecular complexity index is 1450. The third kappa shape index (κ3) is 7.48. The summed E-state index contributed by atoms with van der Waals surface area (Å²) in [5, 5.41) is 32.8. The van der Waals surface area contributed by atoms with Crippen molar-refractivity contribution >= 4 is 17.6 Å². The fraction of sp³-hybridized carbons (Fsp3) is 0.273. The minimum atomic E-state index is -1.18. The normalized spacial score (nSPS) is 12.6. The Hall–Kier alpha value is -4.27. The molecule has 0 fully saturated rings. The number of nitrogens with zero attached hydrogens (tertiary/aromatic N) is 1. The van der Waals surface area contributed by atoms with E-state index in [1.807, 2.05) is 72.2 Å². The van der Waals surface area contributed by atoms with Gasteiger partial charge in [-0.1, -0.05) is 61.9 Å². The Morgan fingerprint density at radius 2 is 1.51 bits per heavy atom. The first-order valence-corrected chi connectivity index (χ1v) is 13.8. The Labute approximate surface area is 238 Å². The number of aliphatic hydroxyl groups is 2. The second-order valence-electron chi connectivity index (χ2n) is 10.1. The predicted molar refractivity (Wildman–Crippen MR) is 157 cm³/mol. The lowest BCUT2D eigenvalue weighted by atomic mass is 9.95. The Morgan fingerprint density at radius 3 is 2.12 bits per heavy atom. The molecule has 0 aliphatic heterocycles. The molecule has 8 heteroatoms. The molecule has 1 amide bonds. The highest BCUT2D eigenvalue weighted by Crippen LogP contribution is 2.41. The van der Waals surface area contributed by atoms with Crippen LogP contribution in [0.1, 0.15) is 48.7 Å². The zero-order valence-electron chi connectivity index (χ0n) is 23.0. The molecule has 7 nitrogen and oxygen atoms in total. The number of hydrogen-bond acceptors (Lipinski definition) is 4. The molecule has 3 aromatic carbocycles. The Balaban J connectivity index is 1.88. The topological polar surface area (TPSA) is 112 Å². The van der Waals surface area contributed by atoms with Crippen LogP contribution in [0.25, 0.3) is 22.4 Å². The smallest absolute Gasteiger partial charge is 0.305 e. The highest BCUT2D eigenvalue weighted by molar-refractivity contribution is 6.12. The van der Waals surface area contributed by atoms with Gasteiger partial charge in [0.1, 0.15) is 5.82 Å².